The van der Waals surface area contributed by atoms with Gasteiger partial charge in [0.2, 0.25) is 0 Å². The minimum Gasteiger partial charge on any atom is -0.490 e. The van der Waals surface area contributed by atoms with E-state index >= 15 is 0 Å². The van der Waals surface area contributed by atoms with Gasteiger partial charge in [0.15, 0.2) is 0 Å². The summed E-state index contributed by atoms with van der Waals surface area (Å²) in [4.78, 5) is 0. The number of aliphatic hydroxyl groups excluding tert-OH is 1. The molecule has 14 heavy (non-hydrogen) atoms. The Morgan fingerprint density at radius 3 is 2.29 bits per heavy atom. The molecule has 78 valence electrons. The van der Waals surface area contributed by atoms with Crippen LogP contribution < -0.4 is 4.74 Å². The summed E-state index contributed by atoms with van der Waals surface area (Å²) in [5, 5.41) is 8.95. The van der Waals surface area contributed by atoms with Crippen LogP contribution in [-0.4, -0.2) is 18.4 Å². The third-order valence-electron chi connectivity index (χ3n) is 2.03. The van der Waals surface area contributed by atoms with E-state index < -0.39 is 6.67 Å². The van der Waals surface area contributed by atoms with Gasteiger partial charge < -0.3 is 9.84 Å². The van der Waals surface area contributed by atoms with Gasteiger partial charge in [-0.05, 0) is 30.5 Å². The Morgan fingerprint density at radius 2 is 1.86 bits per heavy atom. The molecular weight excluding hydrogens is 183 g/mol. The third-order valence-corrected chi connectivity index (χ3v) is 2.03. The van der Waals surface area contributed by atoms with Crippen LogP contribution in [0.1, 0.15) is 16.7 Å². The van der Waals surface area contributed by atoms with Crippen molar-refractivity contribution in [1.82, 2.24) is 0 Å². The van der Waals surface area contributed by atoms with Crippen LogP contribution in [0.3, 0.4) is 0 Å². The molecule has 0 spiro atoms. The van der Waals surface area contributed by atoms with Gasteiger partial charge in [0.25, 0.3) is 0 Å². The molecule has 0 bridgehead atoms. The summed E-state index contributed by atoms with van der Waals surface area (Å²) in [6, 6.07) is 3.70. The maximum atomic E-state index is 11.9. The van der Waals surface area contributed by atoms with Crippen LogP contribution in [0.15, 0.2) is 12.1 Å². The number of hydrogen-bond donors (Lipinski definition) is 1. The first-order chi connectivity index (χ1) is 6.69. The number of aryl methyl sites for hydroxylation is 2. The summed E-state index contributed by atoms with van der Waals surface area (Å²) in [6.45, 7) is 3.39. The van der Waals surface area contributed by atoms with Crippen LogP contribution >= 0.6 is 0 Å². The second-order valence-electron chi connectivity index (χ2n) is 3.25. The molecule has 0 saturated carbocycles. The topological polar surface area (TPSA) is 29.5 Å². The number of aliphatic hydroxyl groups is 1. The second-order valence-corrected chi connectivity index (χ2v) is 3.25. The fourth-order valence-electron chi connectivity index (χ4n) is 1.50. The molecule has 1 aromatic carbocycles. The molecule has 0 aromatic heterocycles. The molecular formula is C11H15FO2. The molecule has 1 N–H and O–H groups in total. The Balaban J connectivity index is 2.93. The van der Waals surface area contributed by atoms with Crippen molar-refractivity contribution in [2.45, 2.75) is 20.5 Å². The van der Waals surface area contributed by atoms with E-state index in [4.69, 9.17) is 9.84 Å². The lowest BCUT2D eigenvalue weighted by molar-refractivity contribution is 0.268. The molecule has 0 aliphatic carbocycles. The maximum absolute atomic E-state index is 11.9. The van der Waals surface area contributed by atoms with E-state index in [0.29, 0.717) is 0 Å². The zero-order valence-electron chi connectivity index (χ0n) is 8.51. The average molecular weight is 198 g/mol. The lowest BCUT2D eigenvalue weighted by atomic mass is 10.1. The summed E-state index contributed by atoms with van der Waals surface area (Å²) in [5.41, 5.74) is 2.72. The minimum absolute atomic E-state index is 0.0189. The monoisotopic (exact) mass is 198 g/mol. The Kier molecular flexibility index (Phi) is 3.89. The van der Waals surface area contributed by atoms with E-state index in [-0.39, 0.29) is 13.2 Å². The average Bonchev–Trinajstić information content (AvgIpc) is 2.16. The van der Waals surface area contributed by atoms with Crippen LogP contribution in [0.2, 0.25) is 0 Å². The van der Waals surface area contributed by atoms with Crippen molar-refractivity contribution in [2.24, 2.45) is 0 Å². The molecule has 0 aliphatic heterocycles. The Bertz CT molecular complexity index is 287. The van der Waals surface area contributed by atoms with E-state index in [2.05, 4.69) is 0 Å². The zero-order valence-corrected chi connectivity index (χ0v) is 8.51. The maximum Gasteiger partial charge on any atom is 0.125 e. The molecule has 0 amide bonds. The Morgan fingerprint density at radius 1 is 1.29 bits per heavy atom. The third kappa shape index (κ3) is 2.45. The molecule has 1 aromatic rings. The first kappa shape index (κ1) is 11.0. The largest absolute Gasteiger partial charge is 0.490 e. The molecule has 0 saturated heterocycles. The normalized spacial score (nSPS) is 10.3. The van der Waals surface area contributed by atoms with Gasteiger partial charge >= 0.3 is 0 Å². The number of hydrogen-bond acceptors (Lipinski definition) is 2. The van der Waals surface area contributed by atoms with Gasteiger partial charge in [-0.15, -0.1) is 0 Å². The summed E-state index contributed by atoms with van der Waals surface area (Å²) >= 11 is 0. The van der Waals surface area contributed by atoms with Crippen LogP contribution in [0, 0.1) is 13.8 Å². The standard InChI is InChI=1S/C11H15FO2/c1-8-5-10(7-13)6-9(2)11(8)14-4-3-12/h5-6,13H,3-4,7H2,1-2H3. The van der Waals surface area contributed by atoms with E-state index in [0.717, 1.165) is 22.4 Å². The number of halogens is 1. The Hall–Kier alpha value is -1.09. The molecule has 0 unspecified atom stereocenters. The van der Waals surface area contributed by atoms with Gasteiger partial charge in [-0.25, -0.2) is 4.39 Å². The zero-order chi connectivity index (χ0) is 10.6. The number of benzene rings is 1. The van der Waals surface area contributed by atoms with Gasteiger partial charge in [0.05, 0.1) is 6.61 Å². The molecule has 2 nitrogen and oxygen atoms in total. The van der Waals surface area contributed by atoms with Crippen LogP contribution in [0.4, 0.5) is 4.39 Å². The van der Waals surface area contributed by atoms with Crippen molar-refractivity contribution in [1.29, 1.82) is 0 Å². The summed E-state index contributed by atoms with van der Waals surface area (Å²) in [6.07, 6.45) is 0. The smallest absolute Gasteiger partial charge is 0.125 e. The quantitative estimate of drug-likeness (QED) is 0.803. The summed E-state index contributed by atoms with van der Waals surface area (Å²) < 4.78 is 17.2. The SMILES string of the molecule is Cc1cc(CO)cc(C)c1OCCF. The van der Waals surface area contributed by atoms with Crippen molar-refractivity contribution in [2.75, 3.05) is 13.3 Å². The van der Waals surface area contributed by atoms with Gasteiger partial charge in [0, 0.05) is 0 Å². The van der Waals surface area contributed by atoms with Gasteiger partial charge in [0.1, 0.15) is 19.0 Å². The summed E-state index contributed by atoms with van der Waals surface area (Å²) in [7, 11) is 0. The van der Waals surface area contributed by atoms with Crippen LogP contribution in [0.5, 0.6) is 5.75 Å². The summed E-state index contributed by atoms with van der Waals surface area (Å²) in [5.74, 6) is 0.722. The Labute approximate surface area is 83.3 Å². The van der Waals surface area contributed by atoms with Crippen molar-refractivity contribution < 1.29 is 14.2 Å². The molecule has 0 aliphatic rings. The van der Waals surface area contributed by atoms with E-state index in [9.17, 15) is 4.39 Å². The molecule has 0 fully saturated rings. The van der Waals surface area contributed by atoms with Crippen molar-refractivity contribution in [3.63, 3.8) is 0 Å². The fourth-order valence-corrected chi connectivity index (χ4v) is 1.50. The predicted molar refractivity (Wildman–Crippen MR) is 53.3 cm³/mol. The lowest BCUT2D eigenvalue weighted by Crippen LogP contribution is -2.02. The number of ether oxygens (including phenoxy) is 1. The van der Waals surface area contributed by atoms with Gasteiger partial charge in [-0.2, -0.15) is 0 Å². The van der Waals surface area contributed by atoms with Crippen molar-refractivity contribution in [3.8, 4) is 5.75 Å². The first-order valence-electron chi connectivity index (χ1n) is 4.58. The van der Waals surface area contributed by atoms with Crippen LogP contribution in [-0.2, 0) is 6.61 Å². The molecule has 3 heteroatoms. The van der Waals surface area contributed by atoms with E-state index in [1.165, 1.54) is 0 Å². The second kappa shape index (κ2) is 4.96. The van der Waals surface area contributed by atoms with E-state index in [1.807, 2.05) is 26.0 Å². The highest BCUT2D eigenvalue weighted by atomic mass is 19.1. The minimum atomic E-state index is -0.485. The molecule has 1 rings (SSSR count). The predicted octanol–water partition coefficient (Wildman–Crippen LogP) is 2.14. The highest BCUT2D eigenvalue weighted by Crippen LogP contribution is 2.24. The highest BCUT2D eigenvalue weighted by molar-refractivity contribution is 5.43. The number of alkyl halides is 1. The molecule has 0 heterocycles. The van der Waals surface area contributed by atoms with Gasteiger partial charge in [-0.3, -0.25) is 0 Å². The first-order valence-corrected chi connectivity index (χ1v) is 4.58. The van der Waals surface area contributed by atoms with E-state index in [1.54, 1.807) is 0 Å². The number of rotatable bonds is 4. The van der Waals surface area contributed by atoms with Gasteiger partial charge in [-0.1, -0.05) is 12.1 Å². The lowest BCUT2D eigenvalue weighted by Gasteiger charge is -2.12. The van der Waals surface area contributed by atoms with Crippen molar-refractivity contribution >= 4 is 0 Å². The fraction of sp³-hybridized carbons (Fsp3) is 0.455. The molecule has 0 atom stereocenters. The highest BCUT2D eigenvalue weighted by Gasteiger charge is 2.05. The van der Waals surface area contributed by atoms with Crippen LogP contribution in [0.25, 0.3) is 0 Å². The van der Waals surface area contributed by atoms with Crippen molar-refractivity contribution in [3.05, 3.63) is 28.8 Å². The molecule has 0 radical (unpaired) electrons.